The lowest BCUT2D eigenvalue weighted by Crippen LogP contribution is -2.50. The van der Waals surface area contributed by atoms with Gasteiger partial charge >= 0.3 is 0 Å². The van der Waals surface area contributed by atoms with Crippen molar-refractivity contribution in [2.45, 2.75) is 48.9 Å². The molecule has 5 nitrogen and oxygen atoms in total. The standard InChI is InChI=1S/C14H25N3O2S2/c1-11-8-13(20-12(11)9-15)21(18,19)16-10-14(17(2)3)6-4-5-7-14/h8,16H,4-7,9-10,15H2,1-3H3. The molecule has 3 N–H and O–H groups in total. The van der Waals surface area contributed by atoms with Crippen LogP contribution in [0.2, 0.25) is 0 Å². The maximum atomic E-state index is 12.5. The lowest BCUT2D eigenvalue weighted by molar-refractivity contribution is 0.162. The van der Waals surface area contributed by atoms with Crippen LogP contribution in [0.3, 0.4) is 0 Å². The normalized spacial score (nSPS) is 18.5. The maximum Gasteiger partial charge on any atom is 0.250 e. The Balaban J connectivity index is 2.13. The van der Waals surface area contributed by atoms with E-state index in [-0.39, 0.29) is 5.54 Å². The third kappa shape index (κ3) is 3.48. The summed E-state index contributed by atoms with van der Waals surface area (Å²) in [6.07, 6.45) is 4.41. The van der Waals surface area contributed by atoms with Crippen LogP contribution < -0.4 is 10.5 Å². The maximum absolute atomic E-state index is 12.5. The first kappa shape index (κ1) is 16.9. The molecule has 0 radical (unpaired) electrons. The zero-order valence-corrected chi connectivity index (χ0v) is 14.6. The number of nitrogens with zero attached hydrogens (tertiary/aromatic N) is 1. The summed E-state index contributed by atoms with van der Waals surface area (Å²) in [5.74, 6) is 0. The number of nitrogens with two attached hydrogens (primary N) is 1. The Kier molecular flexibility index (Phi) is 5.10. The third-order valence-corrected chi connectivity index (χ3v) is 7.66. The predicted octanol–water partition coefficient (Wildman–Crippen LogP) is 1.67. The van der Waals surface area contributed by atoms with Gasteiger partial charge in [0.25, 0.3) is 0 Å². The van der Waals surface area contributed by atoms with Gasteiger partial charge < -0.3 is 10.6 Å². The molecule has 0 unspecified atom stereocenters. The first-order valence-corrected chi connectivity index (χ1v) is 9.57. The summed E-state index contributed by atoms with van der Waals surface area (Å²) in [7, 11) is 0.614. The van der Waals surface area contributed by atoms with Crippen molar-refractivity contribution in [2.75, 3.05) is 20.6 Å². The van der Waals surface area contributed by atoms with Crippen molar-refractivity contribution in [1.29, 1.82) is 0 Å². The van der Waals surface area contributed by atoms with E-state index in [0.29, 0.717) is 17.3 Å². The number of hydrogen-bond donors (Lipinski definition) is 2. The third-order valence-electron chi connectivity index (χ3n) is 4.52. The van der Waals surface area contributed by atoms with Crippen molar-refractivity contribution in [3.63, 3.8) is 0 Å². The van der Waals surface area contributed by atoms with E-state index in [1.807, 2.05) is 21.0 Å². The predicted molar refractivity (Wildman–Crippen MR) is 87.0 cm³/mol. The second kappa shape index (κ2) is 6.34. The fourth-order valence-electron chi connectivity index (χ4n) is 2.94. The van der Waals surface area contributed by atoms with E-state index in [9.17, 15) is 8.42 Å². The molecular weight excluding hydrogens is 306 g/mol. The molecule has 0 saturated heterocycles. The van der Waals surface area contributed by atoms with E-state index in [1.54, 1.807) is 6.07 Å². The summed E-state index contributed by atoms with van der Waals surface area (Å²) >= 11 is 1.27. The molecule has 0 bridgehead atoms. The minimum Gasteiger partial charge on any atom is -0.326 e. The van der Waals surface area contributed by atoms with Crippen LogP contribution in [0.1, 0.15) is 36.1 Å². The van der Waals surface area contributed by atoms with Crippen molar-refractivity contribution in [3.8, 4) is 0 Å². The molecule has 1 aromatic rings. The van der Waals surface area contributed by atoms with Gasteiger partial charge in [-0.3, -0.25) is 0 Å². The van der Waals surface area contributed by atoms with Gasteiger partial charge in [0.15, 0.2) is 0 Å². The highest BCUT2D eigenvalue weighted by Gasteiger charge is 2.37. The zero-order chi connectivity index (χ0) is 15.7. The Morgan fingerprint density at radius 2 is 2.00 bits per heavy atom. The zero-order valence-electron chi connectivity index (χ0n) is 13.0. The number of nitrogens with one attached hydrogen (secondary N) is 1. The Bertz CT molecular complexity index is 587. The van der Waals surface area contributed by atoms with Crippen molar-refractivity contribution in [2.24, 2.45) is 5.73 Å². The lowest BCUT2D eigenvalue weighted by atomic mass is 9.97. The fourth-order valence-corrected chi connectivity index (χ4v) is 5.57. The number of sulfonamides is 1. The molecule has 2 rings (SSSR count). The van der Waals surface area contributed by atoms with Crippen molar-refractivity contribution >= 4 is 21.4 Å². The highest BCUT2D eigenvalue weighted by atomic mass is 32.2. The quantitative estimate of drug-likeness (QED) is 0.831. The van der Waals surface area contributed by atoms with Crippen LogP contribution in [0.4, 0.5) is 0 Å². The van der Waals surface area contributed by atoms with Crippen molar-refractivity contribution in [1.82, 2.24) is 9.62 Å². The number of aryl methyl sites for hydroxylation is 1. The van der Waals surface area contributed by atoms with Gasteiger partial charge in [0.2, 0.25) is 10.0 Å². The first-order valence-electron chi connectivity index (χ1n) is 7.27. The Morgan fingerprint density at radius 3 is 2.48 bits per heavy atom. The molecule has 7 heteroatoms. The van der Waals surface area contributed by atoms with Crippen LogP contribution in [0.15, 0.2) is 10.3 Å². The lowest BCUT2D eigenvalue weighted by Gasteiger charge is -2.36. The molecule has 1 heterocycles. The molecule has 1 saturated carbocycles. The second-order valence-corrected chi connectivity index (χ2v) is 9.16. The van der Waals surface area contributed by atoms with Gasteiger partial charge in [-0.2, -0.15) is 0 Å². The molecule has 0 aliphatic heterocycles. The summed E-state index contributed by atoms with van der Waals surface area (Å²) in [6.45, 7) is 2.75. The van der Waals surface area contributed by atoms with Gasteiger partial charge in [-0.15, -0.1) is 11.3 Å². The van der Waals surface area contributed by atoms with Crippen LogP contribution in [0, 0.1) is 6.92 Å². The van der Waals surface area contributed by atoms with E-state index in [4.69, 9.17) is 5.73 Å². The average Bonchev–Trinajstić information content (AvgIpc) is 3.04. The van der Waals surface area contributed by atoms with Gasteiger partial charge in [-0.1, -0.05) is 12.8 Å². The van der Waals surface area contributed by atoms with Gasteiger partial charge in [-0.25, -0.2) is 13.1 Å². The number of rotatable bonds is 6. The summed E-state index contributed by atoms with van der Waals surface area (Å²) in [6, 6.07) is 1.71. The van der Waals surface area contributed by atoms with Gasteiger partial charge in [0, 0.05) is 23.5 Å². The van der Waals surface area contributed by atoms with E-state index in [2.05, 4.69) is 9.62 Å². The van der Waals surface area contributed by atoms with Gasteiger partial charge in [0.1, 0.15) is 4.21 Å². The van der Waals surface area contributed by atoms with Crippen LogP contribution in [0.25, 0.3) is 0 Å². The molecule has 1 aromatic heterocycles. The minimum absolute atomic E-state index is 0.0456. The van der Waals surface area contributed by atoms with Crippen molar-refractivity contribution < 1.29 is 8.42 Å². The van der Waals surface area contributed by atoms with E-state index in [0.717, 1.165) is 36.1 Å². The Labute approximate surface area is 131 Å². The topological polar surface area (TPSA) is 75.4 Å². The van der Waals surface area contributed by atoms with Crippen LogP contribution in [0.5, 0.6) is 0 Å². The highest BCUT2D eigenvalue weighted by Crippen LogP contribution is 2.34. The average molecular weight is 332 g/mol. The highest BCUT2D eigenvalue weighted by molar-refractivity contribution is 7.91. The summed E-state index contributed by atoms with van der Waals surface area (Å²) < 4.78 is 28.1. The Morgan fingerprint density at radius 1 is 1.38 bits per heavy atom. The minimum atomic E-state index is -3.44. The SMILES string of the molecule is Cc1cc(S(=O)(=O)NCC2(N(C)C)CCCC2)sc1CN. The fraction of sp³-hybridized carbons (Fsp3) is 0.714. The van der Waals surface area contributed by atoms with Gasteiger partial charge in [0.05, 0.1) is 0 Å². The van der Waals surface area contributed by atoms with Gasteiger partial charge in [-0.05, 0) is 45.5 Å². The Hall–Kier alpha value is -0.470. The monoisotopic (exact) mass is 331 g/mol. The molecule has 0 atom stereocenters. The molecule has 0 amide bonds. The molecular formula is C14H25N3O2S2. The molecule has 21 heavy (non-hydrogen) atoms. The summed E-state index contributed by atoms with van der Waals surface area (Å²) in [5.41, 5.74) is 6.53. The van der Waals surface area contributed by atoms with E-state index >= 15 is 0 Å². The van der Waals surface area contributed by atoms with E-state index in [1.165, 1.54) is 11.3 Å². The molecule has 1 fully saturated rings. The van der Waals surface area contributed by atoms with Crippen LogP contribution in [-0.2, 0) is 16.6 Å². The number of thiophene rings is 1. The number of hydrogen-bond acceptors (Lipinski definition) is 5. The molecule has 1 aliphatic rings. The molecule has 1 aliphatic carbocycles. The smallest absolute Gasteiger partial charge is 0.250 e. The second-order valence-electron chi connectivity index (χ2n) is 6.03. The largest absolute Gasteiger partial charge is 0.326 e. The van der Waals surface area contributed by atoms with Crippen LogP contribution >= 0.6 is 11.3 Å². The number of likely N-dealkylation sites (N-methyl/N-ethyl adjacent to an activating group) is 1. The first-order chi connectivity index (χ1) is 9.81. The molecule has 120 valence electrons. The van der Waals surface area contributed by atoms with E-state index < -0.39 is 10.0 Å². The summed E-state index contributed by atoms with van der Waals surface area (Å²) in [5, 5.41) is 0. The van der Waals surface area contributed by atoms with Crippen molar-refractivity contribution in [3.05, 3.63) is 16.5 Å². The molecule has 0 aromatic carbocycles. The molecule has 0 spiro atoms. The summed E-state index contributed by atoms with van der Waals surface area (Å²) in [4.78, 5) is 3.09. The van der Waals surface area contributed by atoms with Crippen LogP contribution in [-0.4, -0.2) is 39.5 Å².